The molecule has 6 heteroatoms. The minimum Gasteiger partial charge on any atom is -0.380 e. The number of aryl methyl sites for hydroxylation is 1. The van der Waals surface area contributed by atoms with Crippen LogP contribution in [0.15, 0.2) is 23.1 Å². The molecule has 0 saturated carbocycles. The van der Waals surface area contributed by atoms with E-state index in [1.807, 2.05) is 19.9 Å². The third kappa shape index (κ3) is 4.93. The van der Waals surface area contributed by atoms with E-state index in [1.54, 1.807) is 6.92 Å². The van der Waals surface area contributed by atoms with E-state index in [2.05, 4.69) is 4.72 Å². The van der Waals surface area contributed by atoms with Gasteiger partial charge in [-0.2, -0.15) is 5.26 Å². The van der Waals surface area contributed by atoms with Crippen LogP contribution < -0.4 is 4.72 Å². The summed E-state index contributed by atoms with van der Waals surface area (Å²) in [6.07, 6.45) is 0. The summed E-state index contributed by atoms with van der Waals surface area (Å²) in [5.41, 5.74) is 1.12. The van der Waals surface area contributed by atoms with Crippen molar-refractivity contribution in [3.05, 3.63) is 29.3 Å². The van der Waals surface area contributed by atoms with E-state index in [0.717, 1.165) is 0 Å². The van der Waals surface area contributed by atoms with Crippen molar-refractivity contribution in [1.82, 2.24) is 4.72 Å². The summed E-state index contributed by atoms with van der Waals surface area (Å²) in [6.45, 7) is 6.95. The second-order valence-electron chi connectivity index (χ2n) is 4.96. The zero-order valence-corrected chi connectivity index (χ0v) is 12.8. The summed E-state index contributed by atoms with van der Waals surface area (Å²) in [4.78, 5) is 0.165. The number of ether oxygens (including phenoxy) is 1. The molecule has 0 fully saturated rings. The Hall–Kier alpha value is -1.42. The topological polar surface area (TPSA) is 79.2 Å². The average molecular weight is 296 g/mol. The van der Waals surface area contributed by atoms with E-state index in [4.69, 9.17) is 10.00 Å². The van der Waals surface area contributed by atoms with Crippen molar-refractivity contribution in [3.8, 4) is 6.07 Å². The Morgan fingerprint density at radius 1 is 1.40 bits per heavy atom. The number of benzene rings is 1. The third-order valence-corrected chi connectivity index (χ3v) is 4.08. The average Bonchev–Trinajstić information content (AvgIpc) is 2.37. The summed E-state index contributed by atoms with van der Waals surface area (Å²) in [5.74, 6) is 0.424. The van der Waals surface area contributed by atoms with Crippen molar-refractivity contribution in [3.63, 3.8) is 0 Å². The summed E-state index contributed by atoms with van der Waals surface area (Å²) in [6, 6.07) is 6.45. The zero-order valence-electron chi connectivity index (χ0n) is 12.0. The molecule has 1 rings (SSSR count). The van der Waals surface area contributed by atoms with Crippen molar-refractivity contribution in [2.75, 3.05) is 19.8 Å². The first-order chi connectivity index (χ1) is 9.36. The fourth-order valence-electron chi connectivity index (χ4n) is 1.58. The van der Waals surface area contributed by atoms with Gasteiger partial charge in [-0.15, -0.1) is 0 Å². The molecular weight excluding hydrogens is 276 g/mol. The van der Waals surface area contributed by atoms with E-state index in [1.165, 1.54) is 18.2 Å². The summed E-state index contributed by atoms with van der Waals surface area (Å²) in [5, 5.41) is 8.83. The maximum atomic E-state index is 12.0. The molecule has 0 unspecified atom stereocenters. The molecular formula is C14H20N2O3S. The van der Waals surface area contributed by atoms with Gasteiger partial charge in [0.25, 0.3) is 0 Å². The van der Waals surface area contributed by atoms with E-state index >= 15 is 0 Å². The number of rotatable bonds is 7. The van der Waals surface area contributed by atoms with Crippen LogP contribution in [-0.4, -0.2) is 28.2 Å². The zero-order chi connectivity index (χ0) is 15.2. The van der Waals surface area contributed by atoms with Crippen LogP contribution >= 0.6 is 0 Å². The van der Waals surface area contributed by atoms with Crippen molar-refractivity contribution in [2.24, 2.45) is 5.92 Å². The quantitative estimate of drug-likeness (QED) is 0.778. The predicted molar refractivity (Wildman–Crippen MR) is 76.7 cm³/mol. The molecule has 0 amide bonds. The van der Waals surface area contributed by atoms with Gasteiger partial charge in [-0.1, -0.05) is 13.8 Å². The van der Waals surface area contributed by atoms with Gasteiger partial charge in [0, 0.05) is 13.2 Å². The van der Waals surface area contributed by atoms with Gasteiger partial charge in [0.2, 0.25) is 10.0 Å². The first kappa shape index (κ1) is 16.6. The van der Waals surface area contributed by atoms with Crippen LogP contribution in [-0.2, 0) is 14.8 Å². The molecule has 0 aliphatic carbocycles. The molecule has 0 aliphatic rings. The Balaban J connectivity index is 2.61. The number of nitrogens with zero attached hydrogens (tertiary/aromatic N) is 1. The van der Waals surface area contributed by atoms with Gasteiger partial charge in [-0.05, 0) is 36.6 Å². The molecule has 0 heterocycles. The first-order valence-corrected chi connectivity index (χ1v) is 7.93. The highest BCUT2D eigenvalue weighted by Gasteiger charge is 2.14. The molecule has 0 aromatic heterocycles. The van der Waals surface area contributed by atoms with Crippen molar-refractivity contribution < 1.29 is 13.2 Å². The fourth-order valence-corrected chi connectivity index (χ4v) is 2.68. The van der Waals surface area contributed by atoms with Crippen LogP contribution in [0, 0.1) is 24.2 Å². The number of nitrogens with one attached hydrogen (secondary N) is 1. The van der Waals surface area contributed by atoms with Crippen molar-refractivity contribution in [1.29, 1.82) is 5.26 Å². The summed E-state index contributed by atoms with van der Waals surface area (Å²) in [7, 11) is -3.55. The lowest BCUT2D eigenvalue weighted by molar-refractivity contribution is 0.114. The largest absolute Gasteiger partial charge is 0.380 e. The van der Waals surface area contributed by atoms with Crippen LogP contribution in [0.3, 0.4) is 0 Å². The molecule has 110 valence electrons. The minimum absolute atomic E-state index is 0.165. The SMILES string of the molecule is Cc1cc(S(=O)(=O)NCCOCC(C)C)ccc1C#N. The van der Waals surface area contributed by atoms with Gasteiger partial charge in [0.05, 0.1) is 23.1 Å². The monoisotopic (exact) mass is 296 g/mol. The van der Waals surface area contributed by atoms with Crippen LogP contribution in [0.1, 0.15) is 25.0 Å². The molecule has 0 spiro atoms. The second kappa shape index (κ2) is 7.39. The standard InChI is InChI=1S/C14H20N2O3S/c1-11(2)10-19-7-6-16-20(17,18)14-5-4-13(9-15)12(3)8-14/h4-5,8,11,16H,6-7,10H2,1-3H3. The molecule has 20 heavy (non-hydrogen) atoms. The number of nitriles is 1. The third-order valence-electron chi connectivity index (χ3n) is 2.62. The maximum Gasteiger partial charge on any atom is 0.240 e. The van der Waals surface area contributed by atoms with Crippen molar-refractivity contribution in [2.45, 2.75) is 25.7 Å². The molecule has 0 atom stereocenters. The van der Waals surface area contributed by atoms with Gasteiger partial charge in [-0.25, -0.2) is 13.1 Å². The molecule has 0 saturated heterocycles. The molecule has 1 aromatic rings. The Bertz CT molecular complexity index is 589. The molecule has 1 N–H and O–H groups in total. The number of sulfonamides is 1. The molecule has 5 nitrogen and oxygen atoms in total. The highest BCUT2D eigenvalue weighted by Crippen LogP contribution is 2.14. The Kier molecular flexibility index (Phi) is 6.14. The Labute approximate surface area is 120 Å². The van der Waals surface area contributed by atoms with Gasteiger partial charge < -0.3 is 4.74 Å². The molecule has 0 bridgehead atoms. The second-order valence-corrected chi connectivity index (χ2v) is 6.72. The highest BCUT2D eigenvalue weighted by molar-refractivity contribution is 7.89. The minimum atomic E-state index is -3.55. The maximum absolute atomic E-state index is 12.0. The lowest BCUT2D eigenvalue weighted by Gasteiger charge is -2.09. The van der Waals surface area contributed by atoms with Crippen LogP contribution in [0.4, 0.5) is 0 Å². The molecule has 1 aromatic carbocycles. The van der Waals surface area contributed by atoms with E-state index in [9.17, 15) is 8.42 Å². The van der Waals surface area contributed by atoms with Crippen molar-refractivity contribution >= 4 is 10.0 Å². The first-order valence-electron chi connectivity index (χ1n) is 6.45. The highest BCUT2D eigenvalue weighted by atomic mass is 32.2. The molecule has 0 aliphatic heterocycles. The summed E-state index contributed by atoms with van der Waals surface area (Å²) >= 11 is 0. The lowest BCUT2D eigenvalue weighted by atomic mass is 10.1. The molecule has 0 radical (unpaired) electrons. The van der Waals surface area contributed by atoms with E-state index in [-0.39, 0.29) is 11.4 Å². The Morgan fingerprint density at radius 3 is 2.65 bits per heavy atom. The Morgan fingerprint density at radius 2 is 2.10 bits per heavy atom. The van der Waals surface area contributed by atoms with Gasteiger partial charge >= 0.3 is 0 Å². The van der Waals surface area contributed by atoms with Gasteiger partial charge in [0.15, 0.2) is 0 Å². The van der Waals surface area contributed by atoms with Gasteiger partial charge in [0.1, 0.15) is 0 Å². The smallest absolute Gasteiger partial charge is 0.240 e. The lowest BCUT2D eigenvalue weighted by Crippen LogP contribution is -2.28. The van der Waals surface area contributed by atoms with Crippen LogP contribution in [0.25, 0.3) is 0 Å². The predicted octanol–water partition coefficient (Wildman–Crippen LogP) is 1.82. The normalized spacial score (nSPS) is 11.6. The number of hydrogen-bond acceptors (Lipinski definition) is 4. The van der Waals surface area contributed by atoms with Gasteiger partial charge in [-0.3, -0.25) is 0 Å². The van der Waals surface area contributed by atoms with E-state index in [0.29, 0.717) is 30.3 Å². The van der Waals surface area contributed by atoms with Crippen LogP contribution in [0.2, 0.25) is 0 Å². The fraction of sp³-hybridized carbons (Fsp3) is 0.500. The summed E-state index contributed by atoms with van der Waals surface area (Å²) < 4.78 is 31.9. The van der Waals surface area contributed by atoms with Crippen LogP contribution in [0.5, 0.6) is 0 Å². The van der Waals surface area contributed by atoms with E-state index < -0.39 is 10.0 Å². The number of hydrogen-bond donors (Lipinski definition) is 1.